The predicted molar refractivity (Wildman–Crippen MR) is 76.7 cm³/mol. The van der Waals surface area contributed by atoms with Crippen LogP contribution in [0.3, 0.4) is 0 Å². The maximum atomic E-state index is 11.6. The summed E-state index contributed by atoms with van der Waals surface area (Å²) >= 11 is 0. The van der Waals surface area contributed by atoms with E-state index in [1.165, 1.54) is 13.0 Å². The first kappa shape index (κ1) is 17.4. The summed E-state index contributed by atoms with van der Waals surface area (Å²) in [7, 11) is 0. The lowest BCUT2D eigenvalue weighted by atomic mass is 10.2. The zero-order valence-electron chi connectivity index (χ0n) is 12.4. The third kappa shape index (κ3) is 7.44. The van der Waals surface area contributed by atoms with E-state index in [1.54, 1.807) is 13.0 Å². The zero-order valence-corrected chi connectivity index (χ0v) is 12.4. The molecule has 0 aromatic rings. The molecule has 0 aliphatic carbocycles. The lowest BCUT2D eigenvalue weighted by Crippen LogP contribution is -2.18. The number of nitrogens with zero attached hydrogens (tertiary/aromatic N) is 1. The number of allylic oxidation sites excluding steroid dienone is 2. The number of esters is 1. The molecule has 0 aromatic heterocycles. The second-order valence-corrected chi connectivity index (χ2v) is 4.23. The maximum Gasteiger partial charge on any atom is 0.341 e. The first-order valence-electron chi connectivity index (χ1n) is 6.87. The van der Waals surface area contributed by atoms with Gasteiger partial charge in [0.15, 0.2) is 5.78 Å². The predicted octanol–water partition coefficient (Wildman–Crippen LogP) is 2.70. The van der Waals surface area contributed by atoms with Gasteiger partial charge in [-0.3, -0.25) is 4.79 Å². The number of ether oxygens (including phenoxy) is 1. The number of Topliss-reactive ketones (excluding diaryl/α,β-unsaturated/α-hetero) is 1. The van der Waals surface area contributed by atoms with Gasteiger partial charge < -0.3 is 9.64 Å². The first-order valence-corrected chi connectivity index (χ1v) is 6.87. The van der Waals surface area contributed by atoms with Crippen LogP contribution in [0.5, 0.6) is 0 Å². The van der Waals surface area contributed by atoms with Gasteiger partial charge in [0.25, 0.3) is 0 Å². The molecule has 0 saturated heterocycles. The molecule has 0 aliphatic heterocycles. The normalized spacial score (nSPS) is 11.7. The molecular formula is C15H25NO3. The molecule has 0 aromatic carbocycles. The molecule has 0 fully saturated rings. The van der Waals surface area contributed by atoms with Crippen LogP contribution in [-0.4, -0.2) is 36.3 Å². The SMILES string of the molecule is CCCN(/C=C/C=C(/C(C)=O)C(=O)OCC)CCC. The van der Waals surface area contributed by atoms with E-state index in [0.29, 0.717) is 0 Å². The molecule has 0 aliphatic rings. The minimum absolute atomic E-state index is 0.0889. The van der Waals surface area contributed by atoms with Gasteiger partial charge in [-0.05, 0) is 45.0 Å². The molecular weight excluding hydrogens is 242 g/mol. The Hall–Kier alpha value is -1.58. The summed E-state index contributed by atoms with van der Waals surface area (Å²) in [5, 5.41) is 0. The van der Waals surface area contributed by atoms with E-state index in [0.717, 1.165) is 25.9 Å². The molecule has 0 bridgehead atoms. The Morgan fingerprint density at radius 2 is 1.68 bits per heavy atom. The van der Waals surface area contributed by atoms with Gasteiger partial charge in [0.05, 0.1) is 6.61 Å². The van der Waals surface area contributed by atoms with Crippen LogP contribution in [-0.2, 0) is 14.3 Å². The van der Waals surface area contributed by atoms with Crippen LogP contribution < -0.4 is 0 Å². The fourth-order valence-electron chi connectivity index (χ4n) is 1.63. The van der Waals surface area contributed by atoms with Gasteiger partial charge in [-0.25, -0.2) is 4.79 Å². The fraction of sp³-hybridized carbons (Fsp3) is 0.600. The van der Waals surface area contributed by atoms with Gasteiger partial charge in [0.1, 0.15) is 5.57 Å². The number of hydrogen-bond acceptors (Lipinski definition) is 4. The maximum absolute atomic E-state index is 11.6. The van der Waals surface area contributed by atoms with E-state index in [-0.39, 0.29) is 18.0 Å². The Morgan fingerprint density at radius 1 is 1.11 bits per heavy atom. The number of hydrogen-bond donors (Lipinski definition) is 0. The van der Waals surface area contributed by atoms with Crippen molar-refractivity contribution in [1.29, 1.82) is 0 Å². The Morgan fingerprint density at radius 3 is 2.11 bits per heavy atom. The van der Waals surface area contributed by atoms with Crippen LogP contribution in [0.25, 0.3) is 0 Å². The van der Waals surface area contributed by atoms with E-state index in [9.17, 15) is 9.59 Å². The number of rotatable bonds is 9. The van der Waals surface area contributed by atoms with Gasteiger partial charge in [-0.2, -0.15) is 0 Å². The summed E-state index contributed by atoms with van der Waals surface area (Å²) in [6, 6.07) is 0. The number of carbonyl (C=O) groups excluding carboxylic acids is 2. The van der Waals surface area contributed by atoms with E-state index < -0.39 is 5.97 Å². The van der Waals surface area contributed by atoms with E-state index in [1.807, 2.05) is 6.20 Å². The Labute approximate surface area is 116 Å². The summed E-state index contributed by atoms with van der Waals surface area (Å²) in [5.41, 5.74) is 0.0889. The minimum Gasteiger partial charge on any atom is -0.462 e. The minimum atomic E-state index is -0.558. The molecule has 0 spiro atoms. The Balaban J connectivity index is 4.75. The largest absolute Gasteiger partial charge is 0.462 e. The average molecular weight is 267 g/mol. The lowest BCUT2D eigenvalue weighted by molar-refractivity contribution is -0.139. The molecule has 4 nitrogen and oxygen atoms in total. The summed E-state index contributed by atoms with van der Waals surface area (Å²) < 4.78 is 4.84. The summed E-state index contributed by atoms with van der Waals surface area (Å²) in [5.74, 6) is -0.835. The van der Waals surface area contributed by atoms with Crippen molar-refractivity contribution in [3.05, 3.63) is 23.9 Å². The molecule has 0 unspecified atom stereocenters. The van der Waals surface area contributed by atoms with Crippen molar-refractivity contribution < 1.29 is 14.3 Å². The lowest BCUT2D eigenvalue weighted by Gasteiger charge is -2.17. The smallest absolute Gasteiger partial charge is 0.341 e. The highest BCUT2D eigenvalue weighted by molar-refractivity contribution is 6.16. The van der Waals surface area contributed by atoms with Crippen molar-refractivity contribution in [3.8, 4) is 0 Å². The second kappa shape index (κ2) is 10.4. The second-order valence-electron chi connectivity index (χ2n) is 4.23. The van der Waals surface area contributed by atoms with Gasteiger partial charge >= 0.3 is 5.97 Å². The van der Waals surface area contributed by atoms with Crippen LogP contribution in [0.2, 0.25) is 0 Å². The van der Waals surface area contributed by atoms with Crippen molar-refractivity contribution in [2.75, 3.05) is 19.7 Å². The van der Waals surface area contributed by atoms with Crippen molar-refractivity contribution in [3.63, 3.8) is 0 Å². The standard InChI is InChI=1S/C15H25NO3/c1-5-10-16(11-6-2)12-8-9-14(13(4)17)15(18)19-7-3/h8-9,12H,5-7,10-11H2,1-4H3/b12-8+,14-9-. The molecule has 0 heterocycles. The molecule has 0 amide bonds. The Bertz CT molecular complexity index is 339. The molecule has 0 atom stereocenters. The molecule has 0 N–H and O–H groups in total. The van der Waals surface area contributed by atoms with Crippen LogP contribution >= 0.6 is 0 Å². The fourth-order valence-corrected chi connectivity index (χ4v) is 1.63. The van der Waals surface area contributed by atoms with E-state index >= 15 is 0 Å². The molecule has 4 heteroatoms. The quantitative estimate of drug-likeness (QED) is 0.212. The monoisotopic (exact) mass is 267 g/mol. The van der Waals surface area contributed by atoms with Gasteiger partial charge in [0.2, 0.25) is 0 Å². The zero-order chi connectivity index (χ0) is 14.7. The molecule has 0 radical (unpaired) electrons. The van der Waals surface area contributed by atoms with Gasteiger partial charge in [-0.1, -0.05) is 13.8 Å². The highest BCUT2D eigenvalue weighted by Crippen LogP contribution is 2.02. The van der Waals surface area contributed by atoms with Crippen molar-refractivity contribution in [2.24, 2.45) is 0 Å². The highest BCUT2D eigenvalue weighted by Gasteiger charge is 2.14. The third-order valence-electron chi connectivity index (χ3n) is 2.46. The van der Waals surface area contributed by atoms with E-state index in [4.69, 9.17) is 4.74 Å². The van der Waals surface area contributed by atoms with Crippen molar-refractivity contribution in [2.45, 2.75) is 40.5 Å². The van der Waals surface area contributed by atoms with Crippen LogP contribution in [0.1, 0.15) is 40.5 Å². The molecule has 0 rings (SSSR count). The molecule has 0 saturated carbocycles. The number of carbonyl (C=O) groups is 2. The average Bonchev–Trinajstić information content (AvgIpc) is 2.34. The van der Waals surface area contributed by atoms with Crippen molar-refractivity contribution >= 4 is 11.8 Å². The highest BCUT2D eigenvalue weighted by atomic mass is 16.5. The van der Waals surface area contributed by atoms with Crippen molar-refractivity contribution in [1.82, 2.24) is 4.90 Å². The summed E-state index contributed by atoms with van der Waals surface area (Å²) in [6.07, 6.45) is 7.30. The van der Waals surface area contributed by atoms with E-state index in [2.05, 4.69) is 18.7 Å². The Kier molecular flexibility index (Phi) is 9.49. The summed E-state index contributed by atoms with van der Waals surface area (Å²) in [4.78, 5) is 25.1. The topological polar surface area (TPSA) is 46.6 Å². The third-order valence-corrected chi connectivity index (χ3v) is 2.46. The van der Waals surface area contributed by atoms with Crippen LogP contribution in [0.4, 0.5) is 0 Å². The van der Waals surface area contributed by atoms with Crippen LogP contribution in [0.15, 0.2) is 23.9 Å². The first-order chi connectivity index (χ1) is 9.06. The molecule has 108 valence electrons. The summed E-state index contributed by atoms with van der Waals surface area (Å²) in [6.45, 7) is 9.52. The van der Waals surface area contributed by atoms with Gasteiger partial charge in [-0.15, -0.1) is 0 Å². The molecule has 19 heavy (non-hydrogen) atoms. The van der Waals surface area contributed by atoms with Crippen LogP contribution in [0, 0.1) is 0 Å². The van der Waals surface area contributed by atoms with Gasteiger partial charge in [0, 0.05) is 13.1 Å². The number of ketones is 1.